The summed E-state index contributed by atoms with van der Waals surface area (Å²) in [4.78, 5) is 25.8. The monoisotopic (exact) mass is 384 g/mol. The SMILES string of the molecule is CC(C)c1nccn1CCCNC(=O)c1ccc(N2CC[C@H](N(C)C)C2)nc1. The number of nitrogens with one attached hydrogen (secondary N) is 1. The lowest BCUT2D eigenvalue weighted by Crippen LogP contribution is -2.31. The minimum atomic E-state index is -0.0682. The number of imidazole rings is 1. The number of likely N-dealkylation sites (N-methyl/N-ethyl adjacent to an activating group) is 1. The van der Waals surface area contributed by atoms with Crippen molar-refractivity contribution in [2.75, 3.05) is 38.6 Å². The molecule has 0 saturated carbocycles. The van der Waals surface area contributed by atoms with Gasteiger partial charge in [-0.2, -0.15) is 0 Å². The van der Waals surface area contributed by atoms with Crippen LogP contribution in [0.3, 0.4) is 0 Å². The summed E-state index contributed by atoms with van der Waals surface area (Å²) < 4.78 is 2.16. The Morgan fingerprint density at radius 1 is 1.32 bits per heavy atom. The van der Waals surface area contributed by atoms with E-state index in [0.717, 1.165) is 44.1 Å². The molecule has 1 N–H and O–H groups in total. The molecule has 2 aromatic heterocycles. The average molecular weight is 385 g/mol. The van der Waals surface area contributed by atoms with Gasteiger partial charge in [-0.15, -0.1) is 0 Å². The Morgan fingerprint density at radius 2 is 2.14 bits per heavy atom. The number of rotatable bonds is 8. The lowest BCUT2D eigenvalue weighted by Gasteiger charge is -2.21. The minimum Gasteiger partial charge on any atom is -0.355 e. The van der Waals surface area contributed by atoms with Crippen LogP contribution in [0.25, 0.3) is 0 Å². The second-order valence-corrected chi connectivity index (χ2v) is 8.00. The summed E-state index contributed by atoms with van der Waals surface area (Å²) in [6.45, 7) is 7.76. The summed E-state index contributed by atoms with van der Waals surface area (Å²) in [6, 6.07) is 4.39. The molecule has 3 rings (SSSR count). The van der Waals surface area contributed by atoms with Crippen LogP contribution in [-0.4, -0.2) is 65.1 Å². The number of amides is 1. The maximum atomic E-state index is 12.4. The molecule has 2 aromatic rings. The van der Waals surface area contributed by atoms with Crippen molar-refractivity contribution in [3.8, 4) is 0 Å². The molecule has 7 nitrogen and oxygen atoms in total. The first-order valence-electron chi connectivity index (χ1n) is 10.1. The number of carbonyl (C=O) groups excluding carboxylic acids is 1. The van der Waals surface area contributed by atoms with Crippen LogP contribution in [0, 0.1) is 0 Å². The van der Waals surface area contributed by atoms with Crippen molar-refractivity contribution < 1.29 is 4.79 Å². The van der Waals surface area contributed by atoms with Crippen LogP contribution in [0.1, 0.15) is 48.8 Å². The molecule has 0 bridgehead atoms. The van der Waals surface area contributed by atoms with Crippen molar-refractivity contribution in [1.82, 2.24) is 24.8 Å². The van der Waals surface area contributed by atoms with Gasteiger partial charge in [-0.1, -0.05) is 13.8 Å². The van der Waals surface area contributed by atoms with Gasteiger partial charge in [-0.3, -0.25) is 4.79 Å². The smallest absolute Gasteiger partial charge is 0.252 e. The van der Waals surface area contributed by atoms with Crippen molar-refractivity contribution in [2.45, 2.75) is 45.2 Å². The van der Waals surface area contributed by atoms with Crippen LogP contribution in [0.2, 0.25) is 0 Å². The molecular formula is C21H32N6O. The Bertz CT molecular complexity index is 767. The largest absolute Gasteiger partial charge is 0.355 e. The number of aromatic nitrogens is 3. The van der Waals surface area contributed by atoms with Gasteiger partial charge in [0.1, 0.15) is 11.6 Å². The second-order valence-electron chi connectivity index (χ2n) is 8.00. The summed E-state index contributed by atoms with van der Waals surface area (Å²) in [5.74, 6) is 2.37. The summed E-state index contributed by atoms with van der Waals surface area (Å²) >= 11 is 0. The topological polar surface area (TPSA) is 66.3 Å². The first-order valence-corrected chi connectivity index (χ1v) is 10.1. The minimum absolute atomic E-state index is 0.0682. The van der Waals surface area contributed by atoms with Crippen molar-refractivity contribution in [1.29, 1.82) is 0 Å². The van der Waals surface area contributed by atoms with Crippen molar-refractivity contribution >= 4 is 11.7 Å². The number of hydrogen-bond donors (Lipinski definition) is 1. The summed E-state index contributed by atoms with van der Waals surface area (Å²) in [7, 11) is 4.23. The molecular weight excluding hydrogens is 352 g/mol. The zero-order chi connectivity index (χ0) is 20.1. The van der Waals surface area contributed by atoms with Gasteiger partial charge < -0.3 is 19.7 Å². The third-order valence-corrected chi connectivity index (χ3v) is 5.35. The Labute approximate surface area is 167 Å². The maximum Gasteiger partial charge on any atom is 0.252 e. The fourth-order valence-electron chi connectivity index (χ4n) is 3.64. The molecule has 0 unspecified atom stereocenters. The molecule has 152 valence electrons. The van der Waals surface area contributed by atoms with Crippen LogP contribution >= 0.6 is 0 Å². The molecule has 28 heavy (non-hydrogen) atoms. The van der Waals surface area contributed by atoms with Gasteiger partial charge in [-0.05, 0) is 39.1 Å². The fourth-order valence-corrected chi connectivity index (χ4v) is 3.64. The summed E-state index contributed by atoms with van der Waals surface area (Å²) in [6.07, 6.45) is 7.53. The molecule has 0 spiro atoms. The molecule has 0 aliphatic carbocycles. The molecule has 1 aliphatic rings. The lowest BCUT2D eigenvalue weighted by atomic mass is 10.2. The van der Waals surface area contributed by atoms with Crippen LogP contribution in [0.15, 0.2) is 30.7 Å². The first kappa shape index (κ1) is 20.3. The number of anilines is 1. The van der Waals surface area contributed by atoms with Gasteiger partial charge in [0, 0.05) is 56.7 Å². The molecule has 1 amide bonds. The van der Waals surface area contributed by atoms with E-state index < -0.39 is 0 Å². The highest BCUT2D eigenvalue weighted by molar-refractivity contribution is 5.94. The van der Waals surface area contributed by atoms with Gasteiger partial charge in [0.2, 0.25) is 0 Å². The molecule has 0 radical (unpaired) electrons. The molecule has 1 fully saturated rings. The van der Waals surface area contributed by atoms with E-state index in [4.69, 9.17) is 0 Å². The van der Waals surface area contributed by atoms with Crippen molar-refractivity contribution in [2.24, 2.45) is 0 Å². The Kier molecular flexibility index (Phi) is 6.67. The Balaban J connectivity index is 1.45. The standard InChI is InChI=1S/C21H32N6O/c1-16(2)20-22-10-13-26(20)11-5-9-23-21(28)17-6-7-19(24-14-17)27-12-8-18(15-27)25(3)4/h6-7,10,13-14,16,18H,5,8-9,11-12,15H2,1-4H3,(H,23,28)/t18-/m0/s1. The van der Waals surface area contributed by atoms with Crippen molar-refractivity contribution in [3.05, 3.63) is 42.1 Å². The quantitative estimate of drug-likeness (QED) is 0.708. The van der Waals surface area contributed by atoms with E-state index >= 15 is 0 Å². The van der Waals surface area contributed by atoms with Crippen LogP contribution < -0.4 is 10.2 Å². The number of nitrogens with zero attached hydrogens (tertiary/aromatic N) is 5. The fraction of sp³-hybridized carbons (Fsp3) is 0.571. The Hall–Kier alpha value is -2.41. The third kappa shape index (κ3) is 4.90. The Morgan fingerprint density at radius 3 is 2.79 bits per heavy atom. The van der Waals surface area contributed by atoms with E-state index in [2.05, 4.69) is 57.6 Å². The maximum absolute atomic E-state index is 12.4. The predicted octanol–water partition coefficient (Wildman–Crippen LogP) is 2.36. The zero-order valence-corrected chi connectivity index (χ0v) is 17.4. The lowest BCUT2D eigenvalue weighted by molar-refractivity contribution is 0.0952. The van der Waals surface area contributed by atoms with Crippen LogP contribution in [0.4, 0.5) is 5.82 Å². The number of carbonyl (C=O) groups is 1. The number of hydrogen-bond acceptors (Lipinski definition) is 5. The summed E-state index contributed by atoms with van der Waals surface area (Å²) in [5, 5.41) is 2.99. The normalized spacial score (nSPS) is 16.9. The highest BCUT2D eigenvalue weighted by atomic mass is 16.1. The van der Waals surface area contributed by atoms with Gasteiger partial charge >= 0.3 is 0 Å². The van der Waals surface area contributed by atoms with Gasteiger partial charge in [0.05, 0.1) is 5.56 Å². The highest BCUT2D eigenvalue weighted by Crippen LogP contribution is 2.20. The molecule has 1 saturated heterocycles. The van der Waals surface area contributed by atoms with E-state index in [0.29, 0.717) is 24.1 Å². The van der Waals surface area contributed by atoms with Gasteiger partial charge in [0.15, 0.2) is 0 Å². The van der Waals surface area contributed by atoms with Crippen LogP contribution in [-0.2, 0) is 6.54 Å². The number of pyridine rings is 1. The molecule has 3 heterocycles. The average Bonchev–Trinajstić information content (AvgIpc) is 3.35. The second kappa shape index (κ2) is 9.19. The molecule has 0 aromatic carbocycles. The van der Waals surface area contributed by atoms with Crippen molar-refractivity contribution in [3.63, 3.8) is 0 Å². The third-order valence-electron chi connectivity index (χ3n) is 5.35. The van der Waals surface area contributed by atoms with Gasteiger partial charge in [0.25, 0.3) is 5.91 Å². The van der Waals surface area contributed by atoms with E-state index in [1.54, 1.807) is 6.20 Å². The molecule has 1 aliphatic heterocycles. The number of aryl methyl sites for hydroxylation is 1. The molecule has 1 atom stereocenters. The van der Waals surface area contributed by atoms with E-state index in [9.17, 15) is 4.79 Å². The van der Waals surface area contributed by atoms with Crippen LogP contribution in [0.5, 0.6) is 0 Å². The highest BCUT2D eigenvalue weighted by Gasteiger charge is 2.24. The predicted molar refractivity (Wildman–Crippen MR) is 112 cm³/mol. The van der Waals surface area contributed by atoms with E-state index in [1.807, 2.05) is 24.5 Å². The van der Waals surface area contributed by atoms with Gasteiger partial charge in [-0.25, -0.2) is 9.97 Å². The zero-order valence-electron chi connectivity index (χ0n) is 17.4. The summed E-state index contributed by atoms with van der Waals surface area (Å²) in [5.41, 5.74) is 0.609. The van der Waals surface area contributed by atoms with E-state index in [1.165, 1.54) is 0 Å². The first-order chi connectivity index (χ1) is 13.5. The van der Waals surface area contributed by atoms with E-state index in [-0.39, 0.29) is 5.91 Å². The molecule has 7 heteroatoms.